The van der Waals surface area contributed by atoms with E-state index in [1.54, 1.807) is 11.3 Å². The van der Waals surface area contributed by atoms with Crippen LogP contribution in [0.2, 0.25) is 0 Å². The van der Waals surface area contributed by atoms with E-state index in [1.165, 1.54) is 10.4 Å². The van der Waals surface area contributed by atoms with Gasteiger partial charge in [-0.2, -0.15) is 0 Å². The predicted octanol–water partition coefficient (Wildman–Crippen LogP) is 2.94. The smallest absolute Gasteiger partial charge is 0.307 e. The second kappa shape index (κ2) is 5.44. The van der Waals surface area contributed by atoms with E-state index in [-0.39, 0.29) is 17.9 Å². The molecule has 1 fully saturated rings. The molecule has 4 atom stereocenters. The van der Waals surface area contributed by atoms with Gasteiger partial charge in [-0.1, -0.05) is 6.92 Å². The maximum absolute atomic E-state index is 12.9. The summed E-state index contributed by atoms with van der Waals surface area (Å²) in [5.74, 6) is -1.32. The fraction of sp³-hybridized carbons (Fsp3) is 0.625. The molecule has 114 valence electrons. The molecule has 4 unspecified atom stereocenters. The fourth-order valence-electron chi connectivity index (χ4n) is 3.86. The van der Waals surface area contributed by atoms with Crippen molar-refractivity contribution in [3.05, 3.63) is 21.9 Å². The highest BCUT2D eigenvalue weighted by molar-refractivity contribution is 7.10. The number of amides is 1. The molecule has 0 saturated heterocycles. The number of thiophene rings is 1. The summed E-state index contributed by atoms with van der Waals surface area (Å²) in [4.78, 5) is 27.5. The van der Waals surface area contributed by atoms with E-state index in [4.69, 9.17) is 0 Å². The first-order valence-electron chi connectivity index (χ1n) is 7.58. The van der Waals surface area contributed by atoms with Gasteiger partial charge in [0.05, 0.1) is 17.9 Å². The number of carbonyl (C=O) groups is 2. The number of hydrogen-bond donors (Lipinski definition) is 1. The molecule has 3 rings (SSSR count). The van der Waals surface area contributed by atoms with E-state index >= 15 is 0 Å². The first-order chi connectivity index (χ1) is 9.99. The summed E-state index contributed by atoms with van der Waals surface area (Å²) >= 11 is 1.75. The zero-order valence-electron chi connectivity index (χ0n) is 12.4. The third kappa shape index (κ3) is 2.48. The van der Waals surface area contributed by atoms with E-state index in [0.29, 0.717) is 25.3 Å². The van der Waals surface area contributed by atoms with Crippen LogP contribution in [-0.4, -0.2) is 28.4 Å². The van der Waals surface area contributed by atoms with E-state index in [9.17, 15) is 14.7 Å². The number of nitrogens with zero attached hydrogens (tertiary/aromatic N) is 1. The monoisotopic (exact) mass is 307 g/mol. The molecule has 0 radical (unpaired) electrons. The van der Waals surface area contributed by atoms with Gasteiger partial charge in [-0.15, -0.1) is 11.3 Å². The lowest BCUT2D eigenvalue weighted by atomic mass is 9.92. The van der Waals surface area contributed by atoms with E-state index < -0.39 is 11.9 Å². The summed E-state index contributed by atoms with van der Waals surface area (Å²) in [6.45, 7) is 4.81. The van der Waals surface area contributed by atoms with Gasteiger partial charge in [-0.25, -0.2) is 0 Å². The second-order valence-corrected chi connectivity index (χ2v) is 7.39. The number of carboxylic acids is 1. The third-order valence-electron chi connectivity index (χ3n) is 4.99. The molecule has 1 aliphatic carbocycles. The van der Waals surface area contributed by atoms with Crippen molar-refractivity contribution in [2.75, 3.05) is 6.54 Å². The summed E-state index contributed by atoms with van der Waals surface area (Å²) in [5.41, 5.74) is 1.23. The Hall–Kier alpha value is -1.36. The van der Waals surface area contributed by atoms with Crippen molar-refractivity contribution in [1.29, 1.82) is 0 Å². The van der Waals surface area contributed by atoms with Crippen LogP contribution < -0.4 is 0 Å². The maximum Gasteiger partial charge on any atom is 0.307 e. The van der Waals surface area contributed by atoms with Gasteiger partial charge in [-0.3, -0.25) is 9.59 Å². The molecular weight excluding hydrogens is 286 g/mol. The van der Waals surface area contributed by atoms with Crippen LogP contribution in [0, 0.1) is 17.8 Å². The van der Waals surface area contributed by atoms with Gasteiger partial charge in [0.2, 0.25) is 5.91 Å². The molecule has 0 aromatic carbocycles. The highest BCUT2D eigenvalue weighted by Crippen LogP contribution is 2.40. The van der Waals surface area contributed by atoms with Crippen molar-refractivity contribution in [3.8, 4) is 0 Å². The maximum atomic E-state index is 12.9. The SMILES string of the molecule is CC1CC(C(=O)O)C(C(=O)N2CCc3sccc3C2C)C1. The topological polar surface area (TPSA) is 57.6 Å². The summed E-state index contributed by atoms with van der Waals surface area (Å²) in [7, 11) is 0. The minimum Gasteiger partial charge on any atom is -0.481 e. The number of carboxylic acid groups (broad SMARTS) is 1. The minimum absolute atomic E-state index is 0.0381. The summed E-state index contributed by atoms with van der Waals surface area (Å²) < 4.78 is 0. The van der Waals surface area contributed by atoms with Crippen molar-refractivity contribution in [2.45, 2.75) is 39.2 Å². The van der Waals surface area contributed by atoms with Crippen LogP contribution in [-0.2, 0) is 16.0 Å². The van der Waals surface area contributed by atoms with Crippen LogP contribution in [0.25, 0.3) is 0 Å². The van der Waals surface area contributed by atoms with Gasteiger partial charge in [0, 0.05) is 11.4 Å². The molecule has 2 aliphatic rings. The summed E-state index contributed by atoms with van der Waals surface area (Å²) in [6, 6.07) is 2.16. The Morgan fingerprint density at radius 3 is 2.71 bits per heavy atom. The Morgan fingerprint density at radius 1 is 1.29 bits per heavy atom. The zero-order valence-corrected chi connectivity index (χ0v) is 13.2. The molecule has 1 aliphatic heterocycles. The van der Waals surface area contributed by atoms with Gasteiger partial charge in [0.1, 0.15) is 0 Å². The number of aliphatic carboxylic acids is 1. The van der Waals surface area contributed by atoms with Crippen molar-refractivity contribution in [1.82, 2.24) is 4.90 Å². The van der Waals surface area contributed by atoms with Gasteiger partial charge < -0.3 is 10.0 Å². The van der Waals surface area contributed by atoms with Crippen LogP contribution >= 0.6 is 11.3 Å². The molecule has 0 spiro atoms. The van der Waals surface area contributed by atoms with E-state index in [0.717, 1.165) is 6.42 Å². The minimum atomic E-state index is -0.821. The lowest BCUT2D eigenvalue weighted by Gasteiger charge is -2.36. The Morgan fingerprint density at radius 2 is 2.00 bits per heavy atom. The van der Waals surface area contributed by atoms with Gasteiger partial charge in [-0.05, 0) is 49.1 Å². The Balaban J connectivity index is 1.81. The molecule has 1 aromatic heterocycles. The van der Waals surface area contributed by atoms with Crippen LogP contribution in [0.15, 0.2) is 11.4 Å². The van der Waals surface area contributed by atoms with Crippen molar-refractivity contribution in [3.63, 3.8) is 0 Å². The fourth-order valence-corrected chi connectivity index (χ4v) is 4.82. The second-order valence-electron chi connectivity index (χ2n) is 6.38. The van der Waals surface area contributed by atoms with Crippen molar-refractivity contribution in [2.24, 2.45) is 17.8 Å². The average Bonchev–Trinajstić information content (AvgIpc) is 3.05. The van der Waals surface area contributed by atoms with E-state index in [1.807, 2.05) is 11.8 Å². The molecule has 4 nitrogen and oxygen atoms in total. The quantitative estimate of drug-likeness (QED) is 0.914. The Labute approximate surface area is 128 Å². The Kier molecular flexibility index (Phi) is 3.78. The predicted molar refractivity (Wildman–Crippen MR) is 81.2 cm³/mol. The lowest BCUT2D eigenvalue weighted by molar-refractivity contribution is -0.150. The summed E-state index contributed by atoms with van der Waals surface area (Å²) in [6.07, 6.45) is 2.22. The molecule has 5 heteroatoms. The highest BCUT2D eigenvalue weighted by atomic mass is 32.1. The molecule has 1 aromatic rings. The first-order valence-corrected chi connectivity index (χ1v) is 8.46. The molecule has 2 heterocycles. The third-order valence-corrected chi connectivity index (χ3v) is 5.99. The number of hydrogen-bond acceptors (Lipinski definition) is 3. The molecule has 1 N–H and O–H groups in total. The summed E-state index contributed by atoms with van der Waals surface area (Å²) in [5, 5.41) is 11.4. The van der Waals surface area contributed by atoms with Crippen LogP contribution in [0.4, 0.5) is 0 Å². The number of rotatable bonds is 2. The van der Waals surface area contributed by atoms with Crippen molar-refractivity contribution >= 4 is 23.2 Å². The number of carbonyl (C=O) groups excluding carboxylic acids is 1. The zero-order chi connectivity index (χ0) is 15.1. The van der Waals surface area contributed by atoms with Gasteiger partial charge in [0.25, 0.3) is 0 Å². The van der Waals surface area contributed by atoms with Gasteiger partial charge in [0.15, 0.2) is 0 Å². The number of fused-ring (bicyclic) bond motifs is 1. The lowest BCUT2D eigenvalue weighted by Crippen LogP contribution is -2.43. The van der Waals surface area contributed by atoms with Crippen LogP contribution in [0.3, 0.4) is 0 Å². The molecule has 21 heavy (non-hydrogen) atoms. The van der Waals surface area contributed by atoms with Crippen molar-refractivity contribution < 1.29 is 14.7 Å². The van der Waals surface area contributed by atoms with Crippen LogP contribution in [0.1, 0.15) is 43.2 Å². The molecule has 1 saturated carbocycles. The highest BCUT2D eigenvalue weighted by Gasteiger charge is 2.44. The molecule has 1 amide bonds. The first kappa shape index (κ1) is 14.6. The largest absolute Gasteiger partial charge is 0.481 e. The van der Waals surface area contributed by atoms with E-state index in [2.05, 4.69) is 18.4 Å². The normalized spacial score (nSPS) is 32.0. The van der Waals surface area contributed by atoms with Crippen LogP contribution in [0.5, 0.6) is 0 Å². The molecule has 0 bridgehead atoms. The average molecular weight is 307 g/mol. The van der Waals surface area contributed by atoms with Gasteiger partial charge >= 0.3 is 5.97 Å². The Bertz CT molecular complexity index is 568. The molecular formula is C16H21NO3S. The standard InChI is InChI=1S/C16H21NO3S/c1-9-7-12(13(8-9)16(19)20)15(18)17-5-3-14-11(10(17)2)4-6-21-14/h4,6,9-10,12-13H,3,5,7-8H2,1-2H3,(H,19,20).